The molecule has 0 N–H and O–H groups in total. The monoisotopic (exact) mass is 493 g/mol. The molecule has 5 nitrogen and oxygen atoms in total. The Kier molecular flexibility index (Phi) is 6.71. The van der Waals surface area contributed by atoms with E-state index in [1.807, 2.05) is 29.2 Å². The van der Waals surface area contributed by atoms with Gasteiger partial charge in [-0.15, -0.1) is 11.8 Å². The predicted molar refractivity (Wildman–Crippen MR) is 122 cm³/mol. The fraction of sp³-hybridized carbons (Fsp3) is 0.476. The summed E-state index contributed by atoms with van der Waals surface area (Å²) in [4.78, 5) is 33.7. The smallest absolute Gasteiger partial charge is 0.272 e. The van der Waals surface area contributed by atoms with Gasteiger partial charge in [0.1, 0.15) is 0 Å². The van der Waals surface area contributed by atoms with E-state index >= 15 is 0 Å². The van der Waals surface area contributed by atoms with Crippen molar-refractivity contribution in [3.05, 3.63) is 44.8 Å². The van der Waals surface area contributed by atoms with Gasteiger partial charge in [0.2, 0.25) is 5.91 Å². The number of aryl methyl sites for hydroxylation is 1. The summed E-state index contributed by atoms with van der Waals surface area (Å²) in [6.07, 6.45) is 5.16. The minimum absolute atomic E-state index is 0.0285. The largest absolute Gasteiger partial charge is 0.339 e. The van der Waals surface area contributed by atoms with Gasteiger partial charge in [-0.3, -0.25) is 14.2 Å². The van der Waals surface area contributed by atoms with Gasteiger partial charge in [0, 0.05) is 29.2 Å². The molecule has 2 aliphatic heterocycles. The van der Waals surface area contributed by atoms with E-state index in [-0.39, 0.29) is 11.5 Å². The van der Waals surface area contributed by atoms with Crippen molar-refractivity contribution in [2.75, 3.05) is 18.1 Å². The van der Waals surface area contributed by atoms with Gasteiger partial charge < -0.3 is 4.90 Å². The first-order chi connectivity index (χ1) is 14.1. The molecule has 0 spiro atoms. The van der Waals surface area contributed by atoms with Crippen molar-refractivity contribution < 1.29 is 4.79 Å². The lowest BCUT2D eigenvalue weighted by atomic mass is 10.0. The number of carbonyl (C=O) groups excluding carboxylic acids is 1. The van der Waals surface area contributed by atoms with Gasteiger partial charge in [-0.25, -0.2) is 4.98 Å². The molecule has 3 heterocycles. The topological polar surface area (TPSA) is 55.2 Å². The third-order valence-electron chi connectivity index (χ3n) is 5.49. The summed E-state index contributed by atoms with van der Waals surface area (Å²) in [6.45, 7) is 2.99. The van der Waals surface area contributed by atoms with Gasteiger partial charge in [0.15, 0.2) is 5.16 Å². The first-order valence-corrected chi connectivity index (χ1v) is 12.8. The lowest BCUT2D eigenvalue weighted by Crippen LogP contribution is -2.44. The molecule has 1 saturated heterocycles. The molecule has 0 radical (unpaired) electrons. The van der Waals surface area contributed by atoms with E-state index in [0.717, 1.165) is 58.7 Å². The molecular formula is C21H24BrN3O2S2. The minimum atomic E-state index is -0.0285. The highest BCUT2D eigenvalue weighted by molar-refractivity contribution is 9.10. The highest BCUT2D eigenvalue weighted by Crippen LogP contribution is 2.30. The summed E-state index contributed by atoms with van der Waals surface area (Å²) in [6, 6.07) is 7.99. The lowest BCUT2D eigenvalue weighted by molar-refractivity contribution is -0.132. The molecular weight excluding hydrogens is 470 g/mol. The molecule has 1 atom stereocenters. The number of rotatable bonds is 5. The molecule has 2 aromatic rings. The molecule has 0 bridgehead atoms. The molecule has 1 aromatic heterocycles. The van der Waals surface area contributed by atoms with Crippen LogP contribution in [0.5, 0.6) is 0 Å². The molecule has 8 heteroatoms. The van der Waals surface area contributed by atoms with Crippen LogP contribution in [0.15, 0.2) is 43.6 Å². The van der Waals surface area contributed by atoms with Crippen LogP contribution in [-0.4, -0.2) is 44.5 Å². The minimum Gasteiger partial charge on any atom is -0.339 e. The Morgan fingerprint density at radius 2 is 2.10 bits per heavy atom. The molecule has 154 valence electrons. The van der Waals surface area contributed by atoms with Crippen LogP contribution in [0, 0.1) is 0 Å². The molecule has 2 aliphatic rings. The number of halogens is 1. The van der Waals surface area contributed by atoms with Gasteiger partial charge in [-0.05, 0) is 49.9 Å². The Labute approximate surface area is 187 Å². The number of hydrogen-bond donors (Lipinski definition) is 0. The Morgan fingerprint density at radius 3 is 2.86 bits per heavy atom. The Bertz CT molecular complexity index is 962. The van der Waals surface area contributed by atoms with E-state index in [0.29, 0.717) is 17.0 Å². The third kappa shape index (κ3) is 4.44. The van der Waals surface area contributed by atoms with Gasteiger partial charge in [0.25, 0.3) is 5.56 Å². The maximum Gasteiger partial charge on any atom is 0.272 e. The number of hydrogen-bond acceptors (Lipinski definition) is 5. The van der Waals surface area contributed by atoms with Crippen molar-refractivity contribution in [3.63, 3.8) is 0 Å². The van der Waals surface area contributed by atoms with Crippen LogP contribution in [-0.2, 0) is 11.2 Å². The number of fused-ring (bicyclic) bond motifs is 1. The van der Waals surface area contributed by atoms with E-state index in [4.69, 9.17) is 4.98 Å². The molecule has 1 amide bonds. The number of likely N-dealkylation sites (tertiary alicyclic amines) is 1. The lowest BCUT2D eigenvalue weighted by Gasteiger charge is -2.35. The van der Waals surface area contributed by atoms with Gasteiger partial charge in [0.05, 0.1) is 22.0 Å². The zero-order valence-electron chi connectivity index (χ0n) is 16.4. The van der Waals surface area contributed by atoms with Gasteiger partial charge in [-0.1, -0.05) is 34.6 Å². The van der Waals surface area contributed by atoms with Crippen LogP contribution in [0.1, 0.15) is 38.3 Å². The van der Waals surface area contributed by atoms with Gasteiger partial charge in [-0.2, -0.15) is 0 Å². The fourth-order valence-corrected chi connectivity index (χ4v) is 6.17. The van der Waals surface area contributed by atoms with E-state index in [1.54, 1.807) is 16.3 Å². The average Bonchev–Trinajstić information content (AvgIpc) is 3.22. The van der Waals surface area contributed by atoms with Gasteiger partial charge >= 0.3 is 0 Å². The number of amides is 1. The van der Waals surface area contributed by atoms with Crippen molar-refractivity contribution in [1.29, 1.82) is 0 Å². The molecule has 1 aromatic carbocycles. The number of nitrogens with zero attached hydrogens (tertiary/aromatic N) is 3. The number of carbonyl (C=O) groups is 1. The normalized spacial score (nSPS) is 18.7. The Morgan fingerprint density at radius 1 is 1.31 bits per heavy atom. The third-order valence-corrected chi connectivity index (χ3v) is 8.05. The maximum absolute atomic E-state index is 13.2. The SMILES string of the molecule is CC[C@@H]1CCCCN1C(=O)CSc1nc2c(c(=O)n1-c1ccc(Br)cc1)SCC2. The number of piperidine rings is 1. The Balaban J connectivity index is 1.63. The summed E-state index contributed by atoms with van der Waals surface area (Å²) < 4.78 is 2.62. The number of benzene rings is 1. The number of thioether (sulfide) groups is 2. The zero-order chi connectivity index (χ0) is 20.4. The van der Waals surface area contributed by atoms with Crippen molar-refractivity contribution in [2.24, 2.45) is 0 Å². The van der Waals surface area contributed by atoms with E-state index in [2.05, 4.69) is 22.9 Å². The Hall–Kier alpha value is -1.25. The van der Waals surface area contributed by atoms with Crippen LogP contribution < -0.4 is 5.56 Å². The van der Waals surface area contributed by atoms with Crippen molar-refractivity contribution >= 4 is 45.4 Å². The zero-order valence-corrected chi connectivity index (χ0v) is 19.6. The quantitative estimate of drug-likeness (QED) is 0.452. The summed E-state index contributed by atoms with van der Waals surface area (Å²) >= 11 is 6.40. The second-order valence-corrected chi connectivity index (χ2v) is 10.3. The number of aromatic nitrogens is 2. The summed E-state index contributed by atoms with van der Waals surface area (Å²) in [5, 5.41) is 0.608. The molecule has 4 rings (SSSR count). The van der Waals surface area contributed by atoms with E-state index < -0.39 is 0 Å². The first kappa shape index (κ1) is 21.0. The predicted octanol–water partition coefficient (Wildman–Crippen LogP) is 4.53. The molecule has 0 saturated carbocycles. The van der Waals surface area contributed by atoms with Crippen LogP contribution in [0.25, 0.3) is 5.69 Å². The van der Waals surface area contributed by atoms with Crippen LogP contribution in [0.4, 0.5) is 0 Å². The molecule has 0 aliphatic carbocycles. The summed E-state index contributed by atoms with van der Waals surface area (Å²) in [5.74, 6) is 1.34. The summed E-state index contributed by atoms with van der Waals surface area (Å²) in [7, 11) is 0. The van der Waals surface area contributed by atoms with Crippen LogP contribution >= 0.6 is 39.5 Å². The van der Waals surface area contributed by atoms with Crippen molar-refractivity contribution in [2.45, 2.75) is 55.1 Å². The second-order valence-electron chi connectivity index (χ2n) is 7.32. The summed E-state index contributed by atoms with van der Waals surface area (Å²) in [5.41, 5.74) is 1.62. The maximum atomic E-state index is 13.2. The van der Waals surface area contributed by atoms with Crippen LogP contribution in [0.3, 0.4) is 0 Å². The van der Waals surface area contributed by atoms with Crippen molar-refractivity contribution in [3.8, 4) is 5.69 Å². The highest BCUT2D eigenvalue weighted by Gasteiger charge is 2.27. The molecule has 29 heavy (non-hydrogen) atoms. The standard InChI is InChI=1S/C21H24BrN3O2S2/c1-2-15-5-3-4-11-24(15)18(26)13-29-21-23-17-10-12-28-19(17)20(27)25(21)16-8-6-14(22)7-9-16/h6-9,15H,2-5,10-13H2,1H3/t15-/m1/s1. The molecule has 1 fully saturated rings. The van der Waals surface area contributed by atoms with Crippen LogP contribution in [0.2, 0.25) is 0 Å². The van der Waals surface area contributed by atoms with Crippen molar-refractivity contribution in [1.82, 2.24) is 14.5 Å². The van der Waals surface area contributed by atoms with E-state index in [9.17, 15) is 9.59 Å². The fourth-order valence-electron chi connectivity index (χ4n) is 3.97. The average molecular weight is 494 g/mol. The first-order valence-electron chi connectivity index (χ1n) is 10.1. The molecule has 0 unspecified atom stereocenters. The second kappa shape index (κ2) is 9.27. The highest BCUT2D eigenvalue weighted by atomic mass is 79.9. The van der Waals surface area contributed by atoms with E-state index in [1.165, 1.54) is 18.2 Å².